The van der Waals surface area contributed by atoms with Crippen LogP contribution in [0.2, 0.25) is 0 Å². The van der Waals surface area contributed by atoms with Crippen molar-refractivity contribution in [2.75, 3.05) is 0 Å². The van der Waals surface area contributed by atoms with Crippen LogP contribution in [0.3, 0.4) is 0 Å². The molecule has 46 heavy (non-hydrogen) atoms. The van der Waals surface area contributed by atoms with Crippen molar-refractivity contribution < 1.29 is 19.1 Å². The van der Waals surface area contributed by atoms with E-state index in [-0.39, 0.29) is 42.5 Å². The van der Waals surface area contributed by atoms with Crippen molar-refractivity contribution in [1.82, 2.24) is 25.2 Å². The molecule has 9 nitrogen and oxygen atoms in total. The number of benzene rings is 2. The van der Waals surface area contributed by atoms with Gasteiger partial charge in [-0.25, -0.2) is 9.78 Å². The molecule has 2 atom stereocenters. The van der Waals surface area contributed by atoms with Gasteiger partial charge < -0.3 is 24.9 Å². The molecule has 0 aliphatic heterocycles. The highest BCUT2D eigenvalue weighted by Crippen LogP contribution is 2.27. The normalized spacial score (nSPS) is 15.1. The van der Waals surface area contributed by atoms with E-state index in [1.54, 1.807) is 6.92 Å². The lowest BCUT2D eigenvalue weighted by molar-refractivity contribution is -0.131. The number of imidazole rings is 1. The SMILES string of the molecule is Cc1[nH]c([C@@H](Cc2cn(C)c3ccccc23)NC(=O)[C@@H](CC(=O)NC2CCCCC2)CC(C)C)nc1C(=O)OCc1ccccc1. The number of rotatable bonds is 13. The van der Waals surface area contributed by atoms with E-state index in [0.29, 0.717) is 24.4 Å². The van der Waals surface area contributed by atoms with E-state index in [2.05, 4.69) is 57.3 Å². The Morgan fingerprint density at radius 3 is 2.48 bits per heavy atom. The summed E-state index contributed by atoms with van der Waals surface area (Å²) in [7, 11) is 2.00. The zero-order valence-corrected chi connectivity index (χ0v) is 27.5. The molecule has 1 fully saturated rings. The summed E-state index contributed by atoms with van der Waals surface area (Å²) in [4.78, 5) is 48.2. The molecule has 0 bridgehead atoms. The minimum atomic E-state index is -0.566. The molecular formula is C37H47N5O4. The van der Waals surface area contributed by atoms with Crippen molar-refractivity contribution in [3.63, 3.8) is 0 Å². The summed E-state index contributed by atoms with van der Waals surface area (Å²) in [6, 6.07) is 17.3. The summed E-state index contributed by atoms with van der Waals surface area (Å²) in [5, 5.41) is 7.50. The predicted molar refractivity (Wildman–Crippen MR) is 179 cm³/mol. The summed E-state index contributed by atoms with van der Waals surface area (Å²) in [6.07, 6.45) is 8.68. The maximum Gasteiger partial charge on any atom is 0.359 e. The Balaban J connectivity index is 1.38. The minimum Gasteiger partial charge on any atom is -0.456 e. The quantitative estimate of drug-likeness (QED) is 0.147. The Labute approximate surface area is 271 Å². The van der Waals surface area contributed by atoms with Crippen molar-refractivity contribution in [3.05, 3.63) is 89.1 Å². The van der Waals surface area contributed by atoms with Crippen LogP contribution in [0.5, 0.6) is 0 Å². The number of hydrogen-bond donors (Lipinski definition) is 3. The number of carbonyl (C=O) groups is 3. The molecule has 9 heteroatoms. The van der Waals surface area contributed by atoms with E-state index in [1.807, 2.05) is 49.5 Å². The molecule has 0 radical (unpaired) electrons. The van der Waals surface area contributed by atoms with Gasteiger partial charge in [0.05, 0.1) is 6.04 Å². The summed E-state index contributed by atoms with van der Waals surface area (Å²) >= 11 is 0. The molecule has 1 aliphatic carbocycles. The number of amides is 2. The van der Waals surface area contributed by atoms with Gasteiger partial charge in [-0.3, -0.25) is 9.59 Å². The second kappa shape index (κ2) is 15.3. The second-order valence-electron chi connectivity index (χ2n) is 13.1. The Morgan fingerprint density at radius 1 is 1.02 bits per heavy atom. The zero-order valence-electron chi connectivity index (χ0n) is 27.5. The van der Waals surface area contributed by atoms with Crippen molar-refractivity contribution >= 4 is 28.7 Å². The summed E-state index contributed by atoms with van der Waals surface area (Å²) in [5.74, 6) is -0.594. The van der Waals surface area contributed by atoms with Gasteiger partial charge in [0.25, 0.3) is 0 Å². The summed E-state index contributed by atoms with van der Waals surface area (Å²) < 4.78 is 7.65. The fourth-order valence-electron chi connectivity index (χ4n) is 6.56. The molecule has 3 N–H and O–H groups in total. The highest BCUT2D eigenvalue weighted by atomic mass is 16.5. The average Bonchev–Trinajstić information content (AvgIpc) is 3.59. The van der Waals surface area contributed by atoms with Gasteiger partial charge >= 0.3 is 5.97 Å². The molecule has 1 saturated carbocycles. The lowest BCUT2D eigenvalue weighted by Crippen LogP contribution is -2.41. The second-order valence-corrected chi connectivity index (χ2v) is 13.1. The maximum absolute atomic E-state index is 14.0. The fraction of sp³-hybridized carbons (Fsp3) is 0.459. The van der Waals surface area contributed by atoms with Gasteiger partial charge in [0, 0.05) is 54.6 Å². The van der Waals surface area contributed by atoms with Crippen LogP contribution < -0.4 is 10.6 Å². The van der Waals surface area contributed by atoms with Crippen molar-refractivity contribution in [2.45, 2.75) is 90.8 Å². The Morgan fingerprint density at radius 2 is 1.74 bits per heavy atom. The lowest BCUT2D eigenvalue weighted by Gasteiger charge is -2.25. The van der Waals surface area contributed by atoms with Crippen LogP contribution in [0.25, 0.3) is 10.9 Å². The summed E-state index contributed by atoms with van der Waals surface area (Å²) in [5.41, 5.74) is 3.76. The number of para-hydroxylation sites is 1. The average molecular weight is 626 g/mol. The number of aromatic nitrogens is 3. The number of aryl methyl sites for hydroxylation is 2. The van der Waals surface area contributed by atoms with Gasteiger partial charge in [-0.1, -0.05) is 81.6 Å². The van der Waals surface area contributed by atoms with E-state index in [1.165, 1.54) is 6.42 Å². The number of esters is 1. The number of nitrogens with zero attached hydrogens (tertiary/aromatic N) is 2. The van der Waals surface area contributed by atoms with Crippen molar-refractivity contribution in [2.24, 2.45) is 18.9 Å². The molecule has 0 unspecified atom stereocenters. The van der Waals surface area contributed by atoms with Gasteiger partial charge in [0.1, 0.15) is 12.4 Å². The Kier molecular flexibility index (Phi) is 10.9. The molecule has 0 saturated heterocycles. The van der Waals surface area contributed by atoms with Crippen LogP contribution in [-0.2, 0) is 34.4 Å². The monoisotopic (exact) mass is 625 g/mol. The largest absolute Gasteiger partial charge is 0.456 e. The molecular weight excluding hydrogens is 578 g/mol. The van der Waals surface area contributed by atoms with Crippen LogP contribution in [0.1, 0.15) is 98.0 Å². The number of aromatic amines is 1. The van der Waals surface area contributed by atoms with E-state index in [9.17, 15) is 14.4 Å². The number of fused-ring (bicyclic) bond motifs is 1. The topological polar surface area (TPSA) is 118 Å². The van der Waals surface area contributed by atoms with E-state index < -0.39 is 17.9 Å². The van der Waals surface area contributed by atoms with Gasteiger partial charge in [-0.2, -0.15) is 0 Å². The van der Waals surface area contributed by atoms with Gasteiger partial charge in [0.2, 0.25) is 11.8 Å². The third-order valence-electron chi connectivity index (χ3n) is 8.89. The van der Waals surface area contributed by atoms with Crippen molar-refractivity contribution in [3.8, 4) is 0 Å². The highest BCUT2D eigenvalue weighted by Gasteiger charge is 2.30. The third-order valence-corrected chi connectivity index (χ3v) is 8.89. The number of ether oxygens (including phenoxy) is 1. The standard InChI is InChI=1S/C37H47N5O4/c1-24(2)19-27(21-33(43)39-29-15-9-6-10-16-29)36(44)40-31(20-28-22-42(4)32-18-12-11-17-30(28)32)35-38-25(3)34(41-35)37(45)46-23-26-13-7-5-8-14-26/h5,7-8,11-14,17-18,22,24,27,29,31H,6,9-10,15-16,19-21,23H2,1-4H3,(H,38,41)(H,39,43)(H,40,44)/t27-,31-/m1/s1. The third kappa shape index (κ3) is 8.44. The van der Waals surface area contributed by atoms with E-state index in [0.717, 1.165) is 47.7 Å². The van der Waals surface area contributed by atoms with Crippen LogP contribution in [0.15, 0.2) is 60.8 Å². The molecule has 244 valence electrons. The summed E-state index contributed by atoms with van der Waals surface area (Å²) in [6.45, 7) is 6.05. The van der Waals surface area contributed by atoms with E-state index >= 15 is 0 Å². The van der Waals surface area contributed by atoms with Gasteiger partial charge in [0.15, 0.2) is 5.69 Å². The number of H-pyrrole nitrogens is 1. The molecule has 1 aliphatic rings. The molecule has 0 spiro atoms. The smallest absolute Gasteiger partial charge is 0.359 e. The minimum absolute atomic E-state index is 0.0735. The molecule has 2 amide bonds. The molecule has 2 aromatic carbocycles. The number of hydrogen-bond acceptors (Lipinski definition) is 5. The number of carbonyl (C=O) groups excluding carboxylic acids is 3. The molecule has 2 aromatic heterocycles. The van der Waals surface area contributed by atoms with Crippen molar-refractivity contribution in [1.29, 1.82) is 0 Å². The maximum atomic E-state index is 14.0. The fourth-order valence-corrected chi connectivity index (χ4v) is 6.56. The van der Waals surface area contributed by atoms with Crippen LogP contribution >= 0.6 is 0 Å². The molecule has 4 aromatic rings. The van der Waals surface area contributed by atoms with Crippen LogP contribution in [-0.4, -0.2) is 38.4 Å². The lowest BCUT2D eigenvalue weighted by atomic mass is 9.91. The Hall–Kier alpha value is -4.40. The highest BCUT2D eigenvalue weighted by molar-refractivity contribution is 5.89. The van der Waals surface area contributed by atoms with Gasteiger partial charge in [-0.05, 0) is 49.3 Å². The zero-order chi connectivity index (χ0) is 32.6. The van der Waals surface area contributed by atoms with E-state index in [4.69, 9.17) is 4.74 Å². The first-order valence-corrected chi connectivity index (χ1v) is 16.6. The molecule has 5 rings (SSSR count). The first-order chi connectivity index (χ1) is 22.2. The number of nitrogens with one attached hydrogen (secondary N) is 3. The molecule has 2 heterocycles. The first kappa shape index (κ1) is 33.0. The van der Waals surface area contributed by atoms with Crippen LogP contribution in [0, 0.1) is 18.8 Å². The van der Waals surface area contributed by atoms with Gasteiger partial charge in [-0.15, -0.1) is 0 Å². The predicted octanol–water partition coefficient (Wildman–Crippen LogP) is 6.47. The first-order valence-electron chi connectivity index (χ1n) is 16.6. The Bertz CT molecular complexity index is 1630. The van der Waals surface area contributed by atoms with Crippen LogP contribution in [0.4, 0.5) is 0 Å².